The van der Waals surface area contributed by atoms with E-state index in [1.54, 1.807) is 11.1 Å². The van der Waals surface area contributed by atoms with Gasteiger partial charge in [0.1, 0.15) is 0 Å². The number of carbonyl (C=O) groups excluding carboxylic acids is 1. The van der Waals surface area contributed by atoms with Crippen LogP contribution in [0.1, 0.15) is 42.4 Å². The van der Waals surface area contributed by atoms with Gasteiger partial charge in [-0.1, -0.05) is 34.1 Å². The standard InChI is InChI=1S/C17H22BrN3O/c1-12-14(10-19-21(12)17(2,3)4)16(22)20(5)11-13-8-6-7-9-15(13)18/h6-10H,11H2,1-5H3. The molecule has 0 saturated carbocycles. The third-order valence-corrected chi connectivity index (χ3v) is 4.36. The lowest BCUT2D eigenvalue weighted by Gasteiger charge is -2.22. The van der Waals surface area contributed by atoms with E-state index in [-0.39, 0.29) is 11.4 Å². The number of carbonyl (C=O) groups is 1. The van der Waals surface area contributed by atoms with Gasteiger partial charge in [0.05, 0.1) is 17.3 Å². The lowest BCUT2D eigenvalue weighted by molar-refractivity contribution is 0.0784. The molecule has 0 aliphatic heterocycles. The SMILES string of the molecule is Cc1c(C(=O)N(C)Cc2ccccc2Br)cnn1C(C)(C)C. The van der Waals surface area contributed by atoms with E-state index in [0.29, 0.717) is 12.1 Å². The van der Waals surface area contributed by atoms with E-state index >= 15 is 0 Å². The minimum atomic E-state index is -0.135. The van der Waals surface area contributed by atoms with Crippen LogP contribution in [0.4, 0.5) is 0 Å². The second-order valence-electron chi connectivity index (χ2n) is 6.48. The molecule has 0 aliphatic carbocycles. The maximum Gasteiger partial charge on any atom is 0.257 e. The number of nitrogens with zero attached hydrogens (tertiary/aromatic N) is 3. The van der Waals surface area contributed by atoms with E-state index in [1.807, 2.05) is 42.9 Å². The lowest BCUT2D eigenvalue weighted by atomic mass is 10.1. The van der Waals surface area contributed by atoms with Gasteiger partial charge in [0.15, 0.2) is 0 Å². The monoisotopic (exact) mass is 363 g/mol. The average Bonchev–Trinajstić information content (AvgIpc) is 2.82. The Morgan fingerprint density at radius 1 is 1.32 bits per heavy atom. The molecule has 0 fully saturated rings. The van der Waals surface area contributed by atoms with Crippen LogP contribution in [-0.2, 0) is 12.1 Å². The van der Waals surface area contributed by atoms with E-state index in [0.717, 1.165) is 15.7 Å². The summed E-state index contributed by atoms with van der Waals surface area (Å²) in [6, 6.07) is 7.93. The minimum Gasteiger partial charge on any atom is -0.337 e. The summed E-state index contributed by atoms with van der Waals surface area (Å²) in [5.41, 5.74) is 2.50. The second kappa shape index (κ2) is 6.24. The smallest absolute Gasteiger partial charge is 0.257 e. The van der Waals surface area contributed by atoms with Crippen LogP contribution in [0.25, 0.3) is 0 Å². The number of amides is 1. The molecule has 0 unspecified atom stereocenters. The molecule has 2 aromatic rings. The van der Waals surface area contributed by atoms with Crippen LogP contribution in [0.5, 0.6) is 0 Å². The molecule has 5 heteroatoms. The highest BCUT2D eigenvalue weighted by molar-refractivity contribution is 9.10. The van der Waals surface area contributed by atoms with E-state index < -0.39 is 0 Å². The summed E-state index contributed by atoms with van der Waals surface area (Å²) in [5.74, 6) is -0.0104. The molecule has 0 N–H and O–H groups in total. The summed E-state index contributed by atoms with van der Waals surface area (Å²) in [7, 11) is 1.82. The van der Waals surface area contributed by atoms with Crippen molar-refractivity contribution in [1.29, 1.82) is 0 Å². The zero-order valence-corrected chi connectivity index (χ0v) is 15.3. The maximum absolute atomic E-state index is 12.7. The highest BCUT2D eigenvalue weighted by Crippen LogP contribution is 2.21. The molecule has 0 aliphatic rings. The zero-order chi connectivity index (χ0) is 16.5. The van der Waals surface area contributed by atoms with Crippen LogP contribution in [-0.4, -0.2) is 27.6 Å². The molecule has 2 rings (SSSR count). The predicted octanol–water partition coefficient (Wildman–Crippen LogP) is 3.98. The Bertz CT molecular complexity index is 685. The Morgan fingerprint density at radius 2 is 1.95 bits per heavy atom. The van der Waals surface area contributed by atoms with Crippen molar-refractivity contribution in [3.63, 3.8) is 0 Å². The van der Waals surface area contributed by atoms with Crippen LogP contribution in [0.15, 0.2) is 34.9 Å². The molecule has 118 valence electrons. The molecule has 0 spiro atoms. The Balaban J connectivity index is 2.22. The first-order valence-corrected chi connectivity index (χ1v) is 8.05. The summed E-state index contributed by atoms with van der Waals surface area (Å²) in [6.45, 7) is 8.72. The fraction of sp³-hybridized carbons (Fsp3) is 0.412. The van der Waals surface area contributed by atoms with Crippen molar-refractivity contribution in [3.8, 4) is 0 Å². The molecule has 1 heterocycles. The van der Waals surface area contributed by atoms with Gasteiger partial charge in [-0.25, -0.2) is 0 Å². The number of rotatable bonds is 3. The van der Waals surface area contributed by atoms with Gasteiger partial charge < -0.3 is 4.90 Å². The normalized spacial score (nSPS) is 11.5. The molecule has 1 amide bonds. The topological polar surface area (TPSA) is 38.1 Å². The number of hydrogen-bond donors (Lipinski definition) is 0. The third kappa shape index (κ3) is 3.40. The van der Waals surface area contributed by atoms with E-state index in [1.165, 1.54) is 0 Å². The van der Waals surface area contributed by atoms with Crippen LogP contribution < -0.4 is 0 Å². The van der Waals surface area contributed by atoms with Crippen molar-refractivity contribution in [3.05, 3.63) is 51.8 Å². The molecule has 4 nitrogen and oxygen atoms in total. The van der Waals surface area contributed by atoms with Crippen molar-refractivity contribution >= 4 is 21.8 Å². The summed E-state index contributed by atoms with van der Waals surface area (Å²) >= 11 is 3.52. The highest BCUT2D eigenvalue weighted by atomic mass is 79.9. The van der Waals surface area contributed by atoms with Gasteiger partial charge in [-0.3, -0.25) is 9.48 Å². The number of aromatic nitrogens is 2. The van der Waals surface area contributed by atoms with Gasteiger partial charge in [0, 0.05) is 23.8 Å². The first kappa shape index (κ1) is 16.7. The second-order valence-corrected chi connectivity index (χ2v) is 7.33. The van der Waals surface area contributed by atoms with Crippen LogP contribution in [0.3, 0.4) is 0 Å². The number of benzene rings is 1. The summed E-state index contributed by atoms with van der Waals surface area (Å²) in [6.07, 6.45) is 1.67. The number of halogens is 1. The molecule has 0 saturated heterocycles. The summed E-state index contributed by atoms with van der Waals surface area (Å²) in [5, 5.41) is 4.37. The molecule has 0 bridgehead atoms. The van der Waals surface area contributed by atoms with Gasteiger partial charge in [0.25, 0.3) is 5.91 Å². The van der Waals surface area contributed by atoms with Crippen LogP contribution in [0.2, 0.25) is 0 Å². The zero-order valence-electron chi connectivity index (χ0n) is 13.7. The van der Waals surface area contributed by atoms with Crippen LogP contribution >= 0.6 is 15.9 Å². The van der Waals surface area contributed by atoms with Crippen molar-refractivity contribution in [2.24, 2.45) is 0 Å². The molecule has 22 heavy (non-hydrogen) atoms. The quantitative estimate of drug-likeness (QED) is 0.826. The van der Waals surface area contributed by atoms with E-state index in [9.17, 15) is 4.79 Å². The molecule has 0 radical (unpaired) electrons. The Morgan fingerprint density at radius 3 is 2.50 bits per heavy atom. The van der Waals surface area contributed by atoms with Crippen molar-refractivity contribution in [2.45, 2.75) is 39.8 Å². The number of hydrogen-bond acceptors (Lipinski definition) is 2. The molecule has 1 aromatic carbocycles. The Kier molecular flexibility index (Phi) is 4.75. The highest BCUT2D eigenvalue weighted by Gasteiger charge is 2.23. The van der Waals surface area contributed by atoms with Gasteiger partial charge in [-0.2, -0.15) is 5.10 Å². The fourth-order valence-corrected chi connectivity index (χ4v) is 2.87. The third-order valence-electron chi connectivity index (χ3n) is 3.59. The predicted molar refractivity (Wildman–Crippen MR) is 91.9 cm³/mol. The first-order chi connectivity index (χ1) is 10.2. The first-order valence-electron chi connectivity index (χ1n) is 7.26. The molecular formula is C17H22BrN3O. The van der Waals surface area contributed by atoms with Gasteiger partial charge >= 0.3 is 0 Å². The Hall–Kier alpha value is -1.62. The lowest BCUT2D eigenvalue weighted by Crippen LogP contribution is -2.28. The molecule has 0 atom stereocenters. The summed E-state index contributed by atoms with van der Waals surface area (Å²) in [4.78, 5) is 14.4. The minimum absolute atomic E-state index is 0.0104. The largest absolute Gasteiger partial charge is 0.337 e. The van der Waals surface area contributed by atoms with Gasteiger partial charge in [0.2, 0.25) is 0 Å². The van der Waals surface area contributed by atoms with Gasteiger partial charge in [-0.05, 0) is 39.3 Å². The van der Waals surface area contributed by atoms with Crippen LogP contribution in [0, 0.1) is 6.92 Å². The van der Waals surface area contributed by atoms with E-state index in [2.05, 4.69) is 41.8 Å². The van der Waals surface area contributed by atoms with Gasteiger partial charge in [-0.15, -0.1) is 0 Å². The molecular weight excluding hydrogens is 342 g/mol. The average molecular weight is 364 g/mol. The summed E-state index contributed by atoms with van der Waals surface area (Å²) < 4.78 is 2.91. The fourth-order valence-electron chi connectivity index (χ4n) is 2.46. The Labute approximate surface area is 140 Å². The van der Waals surface area contributed by atoms with Crippen molar-refractivity contribution < 1.29 is 4.79 Å². The molecule has 1 aromatic heterocycles. The van der Waals surface area contributed by atoms with Crippen molar-refractivity contribution in [1.82, 2.24) is 14.7 Å². The van der Waals surface area contributed by atoms with E-state index in [4.69, 9.17) is 0 Å². The van der Waals surface area contributed by atoms with Crippen molar-refractivity contribution in [2.75, 3.05) is 7.05 Å². The maximum atomic E-state index is 12.7.